The molecule has 0 saturated heterocycles. The van der Waals surface area contributed by atoms with Crippen LogP contribution in [0.4, 0.5) is 0 Å². The molecule has 0 spiro atoms. The van der Waals surface area contributed by atoms with Gasteiger partial charge in [-0.25, -0.2) is 0 Å². The van der Waals surface area contributed by atoms with Crippen LogP contribution < -0.4 is 5.32 Å². The van der Waals surface area contributed by atoms with Crippen molar-refractivity contribution < 1.29 is 19.4 Å². The van der Waals surface area contributed by atoms with E-state index in [0.29, 0.717) is 26.0 Å². The van der Waals surface area contributed by atoms with E-state index >= 15 is 0 Å². The molecule has 0 aromatic heterocycles. The molecular formula is C14H23NO4. The topological polar surface area (TPSA) is 75.6 Å². The molecule has 0 aromatic rings. The lowest BCUT2D eigenvalue weighted by atomic mass is 9.82. The molecule has 0 aliphatic heterocycles. The second-order valence-electron chi connectivity index (χ2n) is 6.02. The van der Waals surface area contributed by atoms with Crippen molar-refractivity contribution in [1.82, 2.24) is 5.32 Å². The van der Waals surface area contributed by atoms with E-state index in [2.05, 4.69) is 5.32 Å². The third-order valence-electron chi connectivity index (χ3n) is 4.72. The average Bonchev–Trinajstić information content (AvgIpc) is 3.09. The number of rotatable bonds is 7. The summed E-state index contributed by atoms with van der Waals surface area (Å²) in [7, 11) is 1.69. The van der Waals surface area contributed by atoms with Crippen LogP contribution in [0.1, 0.15) is 44.9 Å². The summed E-state index contributed by atoms with van der Waals surface area (Å²) in [6, 6.07) is 0. The molecule has 2 rings (SSSR count). The quantitative estimate of drug-likeness (QED) is 0.688. The number of carbonyl (C=O) groups is 2. The Balaban J connectivity index is 1.89. The lowest BCUT2D eigenvalue weighted by molar-refractivity contribution is -0.149. The Labute approximate surface area is 113 Å². The molecule has 2 saturated carbocycles. The molecule has 108 valence electrons. The minimum absolute atomic E-state index is 0.111. The van der Waals surface area contributed by atoms with Crippen LogP contribution in [0.5, 0.6) is 0 Å². The van der Waals surface area contributed by atoms with Crippen molar-refractivity contribution in [2.75, 3.05) is 20.3 Å². The van der Waals surface area contributed by atoms with Crippen LogP contribution in [-0.4, -0.2) is 37.2 Å². The van der Waals surface area contributed by atoms with Crippen molar-refractivity contribution in [3.63, 3.8) is 0 Å². The van der Waals surface area contributed by atoms with E-state index in [4.69, 9.17) is 9.84 Å². The van der Waals surface area contributed by atoms with Gasteiger partial charge in [0.05, 0.1) is 0 Å². The predicted octanol–water partition coefficient (Wildman–Crippen LogP) is 1.56. The lowest BCUT2D eigenvalue weighted by Gasteiger charge is -2.29. The van der Waals surface area contributed by atoms with Crippen molar-refractivity contribution in [3.05, 3.63) is 0 Å². The molecule has 0 radical (unpaired) electrons. The third kappa shape index (κ3) is 2.91. The number of hydrogen-bond donors (Lipinski definition) is 2. The van der Waals surface area contributed by atoms with Crippen LogP contribution in [0.3, 0.4) is 0 Å². The number of methoxy groups -OCH3 is 1. The van der Waals surface area contributed by atoms with Crippen LogP contribution >= 0.6 is 0 Å². The van der Waals surface area contributed by atoms with Crippen molar-refractivity contribution in [2.45, 2.75) is 44.9 Å². The summed E-state index contributed by atoms with van der Waals surface area (Å²) < 4.78 is 5.15. The minimum Gasteiger partial charge on any atom is -0.480 e. The molecule has 0 atom stereocenters. The molecule has 0 unspecified atom stereocenters. The van der Waals surface area contributed by atoms with Crippen LogP contribution in [0.15, 0.2) is 0 Å². The fourth-order valence-corrected chi connectivity index (χ4v) is 3.06. The lowest BCUT2D eigenvalue weighted by Crippen LogP contribution is -2.42. The van der Waals surface area contributed by atoms with Crippen LogP contribution in [-0.2, 0) is 14.3 Å². The van der Waals surface area contributed by atoms with Gasteiger partial charge in [0.15, 0.2) is 0 Å². The first kappa shape index (κ1) is 14.3. The van der Waals surface area contributed by atoms with Gasteiger partial charge in [0.2, 0.25) is 5.91 Å². The maximum Gasteiger partial charge on any atom is 0.319 e. The molecule has 2 N–H and O–H groups in total. The van der Waals surface area contributed by atoms with E-state index in [0.717, 1.165) is 19.3 Å². The second kappa shape index (κ2) is 5.49. The molecule has 19 heavy (non-hydrogen) atoms. The number of ether oxygens (including phenoxy) is 1. The fraction of sp³-hybridized carbons (Fsp3) is 0.857. The number of hydrogen-bond acceptors (Lipinski definition) is 3. The Hall–Kier alpha value is -1.10. The van der Waals surface area contributed by atoms with E-state index in [1.807, 2.05) is 0 Å². The number of carboxylic acid groups (broad SMARTS) is 1. The largest absolute Gasteiger partial charge is 0.480 e. The molecule has 5 heteroatoms. The van der Waals surface area contributed by atoms with Crippen LogP contribution in [0.2, 0.25) is 0 Å². The summed E-state index contributed by atoms with van der Waals surface area (Å²) in [5, 5.41) is 12.0. The molecule has 0 aromatic carbocycles. The van der Waals surface area contributed by atoms with E-state index in [1.165, 1.54) is 12.8 Å². The summed E-state index contributed by atoms with van der Waals surface area (Å²) in [5.41, 5.74) is -1.01. The van der Waals surface area contributed by atoms with E-state index in [9.17, 15) is 9.59 Å². The fourth-order valence-electron chi connectivity index (χ4n) is 3.06. The minimum atomic E-state index is -1.12. The number of carboxylic acids is 1. The molecule has 5 nitrogen and oxygen atoms in total. The van der Waals surface area contributed by atoms with Gasteiger partial charge in [-0.05, 0) is 37.5 Å². The number of nitrogens with one attached hydrogen (secondary N) is 1. The first-order valence-corrected chi connectivity index (χ1v) is 7.05. The second-order valence-corrected chi connectivity index (χ2v) is 6.02. The van der Waals surface area contributed by atoms with Crippen molar-refractivity contribution in [1.29, 1.82) is 0 Å². The number of carbonyl (C=O) groups excluding carboxylic acids is 1. The predicted molar refractivity (Wildman–Crippen MR) is 69.7 cm³/mol. The standard InChI is InChI=1S/C14H23NO4/c1-19-9-8-13(4-2-3-5-13)10-15-11(16)14(6-7-14)12(17)18/h2-10H2,1H3,(H,15,16)(H,17,18). The van der Waals surface area contributed by atoms with Gasteiger partial charge in [-0.3, -0.25) is 9.59 Å². The Morgan fingerprint density at radius 1 is 1.21 bits per heavy atom. The highest BCUT2D eigenvalue weighted by atomic mass is 16.5. The van der Waals surface area contributed by atoms with Gasteiger partial charge in [-0.2, -0.15) is 0 Å². The highest BCUT2D eigenvalue weighted by molar-refractivity contribution is 6.04. The molecule has 0 bridgehead atoms. The van der Waals surface area contributed by atoms with Crippen molar-refractivity contribution in [3.8, 4) is 0 Å². The molecule has 2 fully saturated rings. The highest BCUT2D eigenvalue weighted by Gasteiger charge is 2.57. The first-order valence-electron chi connectivity index (χ1n) is 7.05. The van der Waals surface area contributed by atoms with E-state index in [-0.39, 0.29) is 11.3 Å². The van der Waals surface area contributed by atoms with Gasteiger partial charge in [-0.1, -0.05) is 12.8 Å². The van der Waals surface area contributed by atoms with Crippen LogP contribution in [0.25, 0.3) is 0 Å². The Morgan fingerprint density at radius 2 is 1.84 bits per heavy atom. The average molecular weight is 269 g/mol. The smallest absolute Gasteiger partial charge is 0.319 e. The third-order valence-corrected chi connectivity index (χ3v) is 4.72. The van der Waals surface area contributed by atoms with Gasteiger partial charge in [0.25, 0.3) is 0 Å². The molecule has 2 aliphatic rings. The van der Waals surface area contributed by atoms with Gasteiger partial charge in [-0.15, -0.1) is 0 Å². The van der Waals surface area contributed by atoms with Gasteiger partial charge >= 0.3 is 5.97 Å². The zero-order valence-corrected chi connectivity index (χ0v) is 11.5. The van der Waals surface area contributed by atoms with Gasteiger partial charge in [0, 0.05) is 20.3 Å². The zero-order chi connectivity index (χ0) is 13.9. The summed E-state index contributed by atoms with van der Waals surface area (Å²) in [5.74, 6) is -1.29. The highest BCUT2D eigenvalue weighted by Crippen LogP contribution is 2.47. The molecule has 0 heterocycles. The molecule has 2 aliphatic carbocycles. The normalized spacial score (nSPS) is 23.0. The van der Waals surface area contributed by atoms with Crippen molar-refractivity contribution in [2.24, 2.45) is 10.8 Å². The number of aliphatic carboxylic acids is 1. The summed E-state index contributed by atoms with van der Waals surface area (Å²) >= 11 is 0. The summed E-state index contributed by atoms with van der Waals surface area (Å²) in [6.07, 6.45) is 6.43. The summed E-state index contributed by atoms with van der Waals surface area (Å²) in [6.45, 7) is 1.28. The number of amides is 1. The molecular weight excluding hydrogens is 246 g/mol. The van der Waals surface area contributed by atoms with Crippen molar-refractivity contribution >= 4 is 11.9 Å². The Morgan fingerprint density at radius 3 is 2.32 bits per heavy atom. The zero-order valence-electron chi connectivity index (χ0n) is 11.5. The summed E-state index contributed by atoms with van der Waals surface area (Å²) in [4.78, 5) is 23.1. The van der Waals surface area contributed by atoms with Crippen LogP contribution in [0, 0.1) is 10.8 Å². The van der Waals surface area contributed by atoms with Gasteiger partial charge < -0.3 is 15.2 Å². The SMILES string of the molecule is COCCC1(CNC(=O)C2(C(=O)O)CC2)CCCC1. The first-order chi connectivity index (χ1) is 9.05. The monoisotopic (exact) mass is 269 g/mol. The van der Waals surface area contributed by atoms with E-state index < -0.39 is 11.4 Å². The van der Waals surface area contributed by atoms with Gasteiger partial charge in [0.1, 0.15) is 5.41 Å². The molecule has 1 amide bonds. The maximum atomic E-state index is 12.0. The maximum absolute atomic E-state index is 12.0. The Kier molecular flexibility index (Phi) is 4.13. The van der Waals surface area contributed by atoms with E-state index in [1.54, 1.807) is 7.11 Å². The Bertz CT molecular complexity index is 356.